The summed E-state index contributed by atoms with van der Waals surface area (Å²) >= 11 is 12.2. The molecule has 2 atom stereocenters. The standard InChI is InChI=1S/C19H21Cl2N3O4S/c1-29(26,27)24-16-5-3-2-4-13(16)19(25)23-17-11-22-8-9-28-18(17)12-6-7-14(20)15(21)10-12/h2-7,10,17-18,22,24H,8-9,11H2,1H3,(H,23,25). The van der Waals surface area contributed by atoms with E-state index in [9.17, 15) is 13.2 Å². The second kappa shape index (κ2) is 9.32. The lowest BCUT2D eigenvalue weighted by Gasteiger charge is -2.26. The average molecular weight is 458 g/mol. The number of nitrogens with one attached hydrogen (secondary N) is 3. The molecular formula is C19H21Cl2N3O4S. The molecule has 7 nitrogen and oxygen atoms in total. The zero-order chi connectivity index (χ0) is 21.0. The molecule has 1 heterocycles. The third-order valence-corrected chi connectivity index (χ3v) is 5.69. The number of rotatable bonds is 5. The fraction of sp³-hybridized carbons (Fsp3) is 0.316. The minimum atomic E-state index is -3.53. The summed E-state index contributed by atoms with van der Waals surface area (Å²) in [5.41, 5.74) is 1.21. The topological polar surface area (TPSA) is 96.5 Å². The van der Waals surface area contributed by atoms with Crippen LogP contribution in [0.15, 0.2) is 42.5 Å². The van der Waals surface area contributed by atoms with Crippen molar-refractivity contribution in [1.82, 2.24) is 10.6 Å². The van der Waals surface area contributed by atoms with Crippen LogP contribution in [0.2, 0.25) is 10.0 Å². The lowest BCUT2D eigenvalue weighted by atomic mass is 10.0. The van der Waals surface area contributed by atoms with Crippen molar-refractivity contribution in [2.75, 3.05) is 30.7 Å². The van der Waals surface area contributed by atoms with Crippen molar-refractivity contribution in [3.8, 4) is 0 Å². The number of hydrogen-bond donors (Lipinski definition) is 3. The number of hydrogen-bond acceptors (Lipinski definition) is 5. The molecule has 156 valence electrons. The molecule has 1 saturated heterocycles. The van der Waals surface area contributed by atoms with Crippen molar-refractivity contribution in [2.45, 2.75) is 12.1 Å². The fourth-order valence-electron chi connectivity index (χ4n) is 3.10. The number of halogens is 2. The van der Waals surface area contributed by atoms with Gasteiger partial charge in [0, 0.05) is 13.1 Å². The van der Waals surface area contributed by atoms with Gasteiger partial charge in [0.25, 0.3) is 5.91 Å². The van der Waals surface area contributed by atoms with Crippen molar-refractivity contribution in [3.05, 3.63) is 63.6 Å². The Hall–Kier alpha value is -1.84. The number of carbonyl (C=O) groups excluding carboxylic acids is 1. The van der Waals surface area contributed by atoms with Crippen LogP contribution in [0, 0.1) is 0 Å². The van der Waals surface area contributed by atoms with Gasteiger partial charge in [0.05, 0.1) is 40.2 Å². The van der Waals surface area contributed by atoms with Gasteiger partial charge in [0.1, 0.15) is 6.10 Å². The molecule has 1 fully saturated rings. The maximum absolute atomic E-state index is 13.0. The van der Waals surface area contributed by atoms with Crippen LogP contribution in [0.1, 0.15) is 22.0 Å². The Labute approximate surface area is 179 Å². The number of sulfonamides is 1. The largest absolute Gasteiger partial charge is 0.370 e. The normalized spacial score (nSPS) is 20.0. The molecule has 2 aromatic carbocycles. The van der Waals surface area contributed by atoms with Gasteiger partial charge in [-0.1, -0.05) is 41.4 Å². The zero-order valence-corrected chi connectivity index (χ0v) is 17.9. The monoisotopic (exact) mass is 457 g/mol. The predicted molar refractivity (Wildman–Crippen MR) is 114 cm³/mol. The van der Waals surface area contributed by atoms with Crippen molar-refractivity contribution in [3.63, 3.8) is 0 Å². The van der Waals surface area contributed by atoms with Crippen molar-refractivity contribution < 1.29 is 17.9 Å². The van der Waals surface area contributed by atoms with Gasteiger partial charge < -0.3 is 15.4 Å². The average Bonchev–Trinajstić information content (AvgIpc) is 2.88. The van der Waals surface area contributed by atoms with Crippen LogP contribution in [0.25, 0.3) is 0 Å². The van der Waals surface area contributed by atoms with Crippen molar-refractivity contribution >= 4 is 44.8 Å². The maximum atomic E-state index is 13.0. The van der Waals surface area contributed by atoms with Crippen LogP contribution in [0.5, 0.6) is 0 Å². The van der Waals surface area contributed by atoms with Gasteiger partial charge >= 0.3 is 0 Å². The molecule has 0 saturated carbocycles. The Kier molecular flexibility index (Phi) is 7.02. The van der Waals surface area contributed by atoms with E-state index in [0.717, 1.165) is 11.8 Å². The molecule has 0 spiro atoms. The summed E-state index contributed by atoms with van der Waals surface area (Å²) in [6.45, 7) is 1.57. The van der Waals surface area contributed by atoms with Crippen LogP contribution >= 0.6 is 23.2 Å². The Morgan fingerprint density at radius 2 is 1.93 bits per heavy atom. The third kappa shape index (κ3) is 5.83. The van der Waals surface area contributed by atoms with Crippen molar-refractivity contribution in [2.24, 2.45) is 0 Å². The first-order valence-electron chi connectivity index (χ1n) is 8.89. The van der Waals surface area contributed by atoms with E-state index in [0.29, 0.717) is 29.7 Å². The molecule has 0 radical (unpaired) electrons. The van der Waals surface area contributed by atoms with Gasteiger partial charge in [-0.25, -0.2) is 8.42 Å². The summed E-state index contributed by atoms with van der Waals surface area (Å²) in [5, 5.41) is 7.00. The summed E-state index contributed by atoms with van der Waals surface area (Å²) in [5.74, 6) is -0.417. The zero-order valence-electron chi connectivity index (χ0n) is 15.6. The second-order valence-corrected chi connectivity index (χ2v) is 9.23. The van der Waals surface area contributed by atoms with Crippen LogP contribution in [-0.2, 0) is 14.8 Å². The fourth-order valence-corrected chi connectivity index (χ4v) is 3.98. The quantitative estimate of drug-likeness (QED) is 0.641. The van der Waals surface area contributed by atoms with Gasteiger partial charge in [0.15, 0.2) is 0 Å². The molecule has 0 bridgehead atoms. The SMILES string of the molecule is CS(=O)(=O)Nc1ccccc1C(=O)NC1CNCCOC1c1ccc(Cl)c(Cl)c1. The van der Waals surface area contributed by atoms with E-state index < -0.39 is 28.1 Å². The Morgan fingerprint density at radius 3 is 2.66 bits per heavy atom. The van der Waals surface area contributed by atoms with Gasteiger partial charge in [-0.15, -0.1) is 0 Å². The van der Waals surface area contributed by atoms with E-state index in [1.165, 1.54) is 6.07 Å². The predicted octanol–water partition coefficient (Wildman–Crippen LogP) is 2.82. The molecule has 1 amide bonds. The van der Waals surface area contributed by atoms with E-state index in [1.807, 2.05) is 6.07 Å². The first-order chi connectivity index (χ1) is 13.7. The van der Waals surface area contributed by atoms with Gasteiger partial charge in [0.2, 0.25) is 10.0 Å². The molecule has 10 heteroatoms. The highest BCUT2D eigenvalue weighted by Crippen LogP contribution is 2.30. The van der Waals surface area contributed by atoms with Crippen molar-refractivity contribution in [1.29, 1.82) is 0 Å². The van der Waals surface area contributed by atoms with E-state index >= 15 is 0 Å². The summed E-state index contributed by atoms with van der Waals surface area (Å²) in [6, 6.07) is 11.2. The van der Waals surface area contributed by atoms with E-state index in [-0.39, 0.29) is 11.3 Å². The molecular weight excluding hydrogens is 437 g/mol. The first kappa shape index (κ1) is 21.9. The maximum Gasteiger partial charge on any atom is 0.253 e. The lowest BCUT2D eigenvalue weighted by Crippen LogP contribution is -2.45. The minimum Gasteiger partial charge on any atom is -0.370 e. The van der Waals surface area contributed by atoms with E-state index in [2.05, 4.69) is 15.4 Å². The third-order valence-electron chi connectivity index (χ3n) is 4.36. The summed E-state index contributed by atoms with van der Waals surface area (Å²) < 4.78 is 31.5. The Morgan fingerprint density at radius 1 is 1.17 bits per heavy atom. The number of benzene rings is 2. The molecule has 2 unspecified atom stereocenters. The van der Waals surface area contributed by atoms with Gasteiger partial charge in [-0.3, -0.25) is 9.52 Å². The van der Waals surface area contributed by atoms with Crippen LogP contribution < -0.4 is 15.4 Å². The minimum absolute atomic E-state index is 0.209. The highest BCUT2D eigenvalue weighted by atomic mass is 35.5. The molecule has 2 aromatic rings. The molecule has 3 rings (SSSR count). The van der Waals surface area contributed by atoms with Crippen LogP contribution in [0.3, 0.4) is 0 Å². The molecule has 1 aliphatic rings. The Bertz CT molecular complexity index is 1000. The molecule has 0 aliphatic carbocycles. The van der Waals surface area contributed by atoms with Gasteiger partial charge in [-0.2, -0.15) is 0 Å². The second-order valence-electron chi connectivity index (χ2n) is 6.67. The lowest BCUT2D eigenvalue weighted by molar-refractivity contribution is 0.0417. The molecule has 0 aromatic heterocycles. The smallest absolute Gasteiger partial charge is 0.253 e. The first-order valence-corrected chi connectivity index (χ1v) is 11.5. The number of anilines is 1. The van der Waals surface area contributed by atoms with Crippen LogP contribution in [-0.4, -0.2) is 46.3 Å². The number of ether oxygens (including phenoxy) is 1. The van der Waals surface area contributed by atoms with Crippen LogP contribution in [0.4, 0.5) is 5.69 Å². The summed E-state index contributed by atoms with van der Waals surface area (Å²) in [7, 11) is -3.53. The molecule has 29 heavy (non-hydrogen) atoms. The van der Waals surface area contributed by atoms with Gasteiger partial charge in [-0.05, 0) is 29.8 Å². The number of amides is 1. The number of carbonyl (C=O) groups is 1. The highest BCUT2D eigenvalue weighted by Gasteiger charge is 2.29. The summed E-state index contributed by atoms with van der Waals surface area (Å²) in [6.07, 6.45) is 0.587. The van der Waals surface area contributed by atoms with E-state index in [4.69, 9.17) is 27.9 Å². The summed E-state index contributed by atoms with van der Waals surface area (Å²) in [4.78, 5) is 13.0. The Balaban J connectivity index is 1.86. The number of para-hydroxylation sites is 1. The highest BCUT2D eigenvalue weighted by molar-refractivity contribution is 7.92. The molecule has 1 aliphatic heterocycles. The van der Waals surface area contributed by atoms with E-state index in [1.54, 1.807) is 30.3 Å². The molecule has 3 N–H and O–H groups in total.